The number of methoxy groups -OCH3 is 1. The van der Waals surface area contributed by atoms with E-state index in [1.54, 1.807) is 41.7 Å². The number of carboxylic acid groups (broad SMARTS) is 1. The lowest BCUT2D eigenvalue weighted by molar-refractivity contribution is -0.146. The summed E-state index contributed by atoms with van der Waals surface area (Å²) in [5.41, 5.74) is 3.90. The number of likely N-dealkylation sites (tertiary alicyclic amines) is 1. The molecule has 2 fully saturated rings. The van der Waals surface area contributed by atoms with Crippen LogP contribution in [-0.4, -0.2) is 81.8 Å². The average Bonchev–Trinajstić information content (AvgIpc) is 3.69. The van der Waals surface area contributed by atoms with Crippen LogP contribution in [0.5, 0.6) is 5.75 Å². The minimum Gasteiger partial charge on any atom is -0.497 e. The molecule has 5 atom stereocenters. The van der Waals surface area contributed by atoms with Crippen LogP contribution in [0.25, 0.3) is 22.2 Å². The van der Waals surface area contributed by atoms with Gasteiger partial charge in [-0.1, -0.05) is 32.1 Å². The van der Waals surface area contributed by atoms with E-state index in [0.29, 0.717) is 5.75 Å². The maximum atomic E-state index is 14.3. The summed E-state index contributed by atoms with van der Waals surface area (Å²) < 4.78 is 17.5. The second-order valence-corrected chi connectivity index (χ2v) is 16.1. The van der Waals surface area contributed by atoms with Crippen molar-refractivity contribution in [1.82, 2.24) is 20.5 Å². The molecule has 12 heteroatoms. The number of nitrogens with zero attached hydrogens (tertiary/aromatic N) is 2. The number of carboxylic acids is 1. The van der Waals surface area contributed by atoms with Crippen LogP contribution in [0.4, 0.5) is 4.79 Å². The Hall–Kier alpha value is -4.97. The minimum atomic E-state index is -1.48. The molecule has 0 unspecified atom stereocenters. The highest BCUT2D eigenvalue weighted by Gasteiger charge is 2.61. The molecule has 54 heavy (non-hydrogen) atoms. The van der Waals surface area contributed by atoms with E-state index in [0.717, 1.165) is 40.6 Å². The van der Waals surface area contributed by atoms with Crippen LogP contribution < -0.4 is 15.4 Å². The van der Waals surface area contributed by atoms with Crippen molar-refractivity contribution < 1.29 is 38.5 Å². The molecule has 1 aromatic heterocycles. The smallest absolute Gasteiger partial charge is 0.408 e. The summed E-state index contributed by atoms with van der Waals surface area (Å²) in [7, 11) is 1.62. The lowest BCUT2D eigenvalue weighted by atomic mass is 9.89. The number of aliphatic carboxylic acids is 1. The summed E-state index contributed by atoms with van der Waals surface area (Å²) in [5.74, 6) is -2.36. The number of nitrogens with one attached hydrogen (secondary N) is 2. The number of alkyl carbamates (subject to hydrolysis) is 1. The van der Waals surface area contributed by atoms with Crippen LogP contribution in [0.15, 0.2) is 55.1 Å². The van der Waals surface area contributed by atoms with Crippen molar-refractivity contribution in [3.05, 3.63) is 71.8 Å². The van der Waals surface area contributed by atoms with Gasteiger partial charge in [-0.15, -0.1) is 6.58 Å². The Bertz CT molecular complexity index is 1950. The molecule has 1 aliphatic heterocycles. The van der Waals surface area contributed by atoms with Crippen molar-refractivity contribution in [1.29, 1.82) is 0 Å². The molecule has 3 aliphatic rings. The molecule has 2 heterocycles. The molecule has 2 aromatic carbocycles. The van der Waals surface area contributed by atoms with Crippen molar-refractivity contribution >= 4 is 34.8 Å². The Morgan fingerprint density at radius 1 is 1.07 bits per heavy atom. The highest BCUT2D eigenvalue weighted by molar-refractivity contribution is 5.96. The standard InChI is InChI=1S/C42H52N4O8/c1-8-29-21-42(29,39(49)50)45-37(47)35-20-31(22-46(35)38(48)36(24(2)3)44-40(51)54-41(4,5)6)53-23-28-18-33(43-34-19-30(52-7)15-16-32(28)34)27-14-13-25-11-9-10-12-26(25)17-27/h8,13-19,24,29,31,35-36H,1,9-12,20-23H2,2-7H3,(H,44,51)(H,45,47)(H,49,50)/t29-,31-,35+,36+,42-/m1/s1. The van der Waals surface area contributed by atoms with Crippen molar-refractivity contribution in [2.24, 2.45) is 11.8 Å². The van der Waals surface area contributed by atoms with E-state index in [2.05, 4.69) is 35.4 Å². The fourth-order valence-corrected chi connectivity index (χ4v) is 7.63. The van der Waals surface area contributed by atoms with E-state index in [9.17, 15) is 24.3 Å². The zero-order valence-corrected chi connectivity index (χ0v) is 32.1. The van der Waals surface area contributed by atoms with Crippen LogP contribution in [0, 0.1) is 11.8 Å². The maximum absolute atomic E-state index is 14.3. The third kappa shape index (κ3) is 8.23. The van der Waals surface area contributed by atoms with Crippen LogP contribution in [0.3, 0.4) is 0 Å². The number of benzene rings is 2. The Kier molecular flexibility index (Phi) is 11.1. The number of aromatic nitrogens is 1. The second-order valence-electron chi connectivity index (χ2n) is 16.1. The van der Waals surface area contributed by atoms with E-state index >= 15 is 0 Å². The number of fused-ring (bicyclic) bond motifs is 2. The Morgan fingerprint density at radius 2 is 1.81 bits per heavy atom. The zero-order valence-electron chi connectivity index (χ0n) is 32.1. The topological polar surface area (TPSA) is 156 Å². The van der Waals surface area contributed by atoms with Gasteiger partial charge in [-0.2, -0.15) is 0 Å². The number of hydrogen-bond donors (Lipinski definition) is 3. The second kappa shape index (κ2) is 15.4. The van der Waals surface area contributed by atoms with Crippen LogP contribution in [-0.2, 0) is 43.3 Å². The number of pyridine rings is 1. The fraction of sp³-hybridized carbons (Fsp3) is 0.500. The molecule has 0 bridgehead atoms. The van der Waals surface area contributed by atoms with E-state index < -0.39 is 59.1 Å². The Labute approximate surface area is 316 Å². The van der Waals surface area contributed by atoms with Gasteiger partial charge in [-0.05, 0) is 99.7 Å². The maximum Gasteiger partial charge on any atom is 0.408 e. The van der Waals surface area contributed by atoms with Crippen molar-refractivity contribution in [3.8, 4) is 17.0 Å². The highest BCUT2D eigenvalue weighted by Crippen LogP contribution is 2.45. The first kappa shape index (κ1) is 38.7. The summed E-state index contributed by atoms with van der Waals surface area (Å²) in [6.07, 6.45) is 5.00. The Morgan fingerprint density at radius 3 is 2.46 bits per heavy atom. The molecular formula is C42H52N4O8. The molecule has 1 saturated carbocycles. The lowest BCUT2D eigenvalue weighted by Gasteiger charge is -2.31. The normalized spacial score (nSPS) is 22.6. The zero-order chi connectivity index (χ0) is 38.9. The number of hydrogen-bond acceptors (Lipinski definition) is 8. The molecule has 2 aliphatic carbocycles. The predicted octanol–water partition coefficient (Wildman–Crippen LogP) is 5.97. The van der Waals surface area contributed by atoms with Gasteiger partial charge in [0.15, 0.2) is 0 Å². The molecule has 0 spiro atoms. The number of carbonyl (C=O) groups is 4. The minimum absolute atomic E-state index is 0.0512. The predicted molar refractivity (Wildman–Crippen MR) is 204 cm³/mol. The van der Waals surface area contributed by atoms with Crippen LogP contribution in [0.1, 0.15) is 77.0 Å². The lowest BCUT2D eigenvalue weighted by Crippen LogP contribution is -2.57. The summed E-state index contributed by atoms with van der Waals surface area (Å²) >= 11 is 0. The first-order valence-electron chi connectivity index (χ1n) is 18.8. The first-order chi connectivity index (χ1) is 25.6. The van der Waals surface area contributed by atoms with Crippen LogP contribution >= 0.6 is 0 Å². The van der Waals surface area contributed by atoms with E-state index in [1.807, 2.05) is 24.3 Å². The van der Waals surface area contributed by atoms with Gasteiger partial charge in [0.05, 0.1) is 31.0 Å². The van der Waals surface area contributed by atoms with Gasteiger partial charge in [-0.3, -0.25) is 9.59 Å². The summed E-state index contributed by atoms with van der Waals surface area (Å²) in [5, 5.41) is 16.3. The summed E-state index contributed by atoms with van der Waals surface area (Å²) in [6, 6.07) is 12.2. The van der Waals surface area contributed by atoms with Gasteiger partial charge in [0.1, 0.15) is 29.0 Å². The number of aryl methyl sites for hydroxylation is 2. The van der Waals surface area contributed by atoms with E-state index in [-0.39, 0.29) is 31.9 Å². The van der Waals surface area contributed by atoms with Gasteiger partial charge in [0, 0.05) is 35.9 Å². The summed E-state index contributed by atoms with van der Waals surface area (Å²) in [4.78, 5) is 59.7. The molecule has 6 rings (SSSR count). The van der Waals surface area contributed by atoms with Crippen molar-refractivity contribution in [3.63, 3.8) is 0 Å². The van der Waals surface area contributed by atoms with Gasteiger partial charge in [0.25, 0.3) is 0 Å². The molecule has 0 radical (unpaired) electrons. The van der Waals surface area contributed by atoms with E-state index in [1.165, 1.54) is 34.9 Å². The third-order valence-electron chi connectivity index (χ3n) is 10.7. The van der Waals surface area contributed by atoms with Gasteiger partial charge in [-0.25, -0.2) is 14.6 Å². The fourth-order valence-electron chi connectivity index (χ4n) is 7.63. The molecule has 3 amide bonds. The molecular weight excluding hydrogens is 688 g/mol. The number of amides is 3. The van der Waals surface area contributed by atoms with Gasteiger partial charge >= 0.3 is 12.1 Å². The largest absolute Gasteiger partial charge is 0.497 e. The molecule has 12 nitrogen and oxygen atoms in total. The van der Waals surface area contributed by atoms with Gasteiger partial charge < -0.3 is 34.9 Å². The number of carbonyl (C=O) groups excluding carboxylic acids is 3. The molecule has 1 saturated heterocycles. The monoisotopic (exact) mass is 740 g/mol. The molecule has 288 valence electrons. The third-order valence-corrected chi connectivity index (χ3v) is 10.7. The first-order valence-corrected chi connectivity index (χ1v) is 18.8. The Balaban J connectivity index is 1.28. The molecule has 3 aromatic rings. The quantitative estimate of drug-likeness (QED) is 0.191. The van der Waals surface area contributed by atoms with Crippen molar-refractivity contribution in [2.45, 2.75) is 109 Å². The van der Waals surface area contributed by atoms with Crippen LogP contribution in [0.2, 0.25) is 0 Å². The number of rotatable bonds is 12. The highest BCUT2D eigenvalue weighted by atomic mass is 16.6. The van der Waals surface area contributed by atoms with Gasteiger partial charge in [0.2, 0.25) is 11.8 Å². The van der Waals surface area contributed by atoms with Crippen molar-refractivity contribution in [2.75, 3.05) is 13.7 Å². The number of ether oxygens (including phenoxy) is 3. The summed E-state index contributed by atoms with van der Waals surface area (Å²) in [6.45, 7) is 12.7. The average molecular weight is 741 g/mol. The van der Waals surface area contributed by atoms with E-state index in [4.69, 9.17) is 19.2 Å². The SMILES string of the molecule is C=C[C@@H]1C[C@]1(NC(=O)[C@@H]1C[C@@H](OCc2cc(-c3ccc4c(c3)CCCC4)nc3cc(OC)ccc23)CN1C(=O)[C@@H](NC(=O)OC(C)(C)C)C(C)C)C(=O)O. The molecule has 3 N–H and O–H groups in total.